The van der Waals surface area contributed by atoms with E-state index in [2.05, 4.69) is 0 Å². The second-order valence-electron chi connectivity index (χ2n) is 2.98. The minimum absolute atomic E-state index is 0.221. The summed E-state index contributed by atoms with van der Waals surface area (Å²) in [6.45, 7) is 0. The molecule has 0 atom stereocenters. The van der Waals surface area contributed by atoms with Gasteiger partial charge >= 0.3 is 0 Å². The fourth-order valence-electron chi connectivity index (χ4n) is 1.35. The molecule has 14 heavy (non-hydrogen) atoms. The molecule has 2 aromatic rings. The number of hydrogen-bond donors (Lipinski definition) is 1. The summed E-state index contributed by atoms with van der Waals surface area (Å²) >= 11 is 0. The zero-order valence-corrected chi connectivity index (χ0v) is 7.31. The number of aromatic nitrogens is 1. The Labute approximate surface area is 80.2 Å². The lowest BCUT2D eigenvalue weighted by Gasteiger charge is -2.02. The maximum atomic E-state index is 11.4. The predicted octanol–water partition coefficient (Wildman–Crippen LogP) is 0.572. The smallest absolute Gasteiger partial charge is 0.254 e. The fraction of sp³-hybridized carbons (Fsp3) is 0. The molecule has 1 aromatic carbocycles. The average molecular weight is 188 g/mol. The molecule has 1 amide bonds. The number of pyridine rings is 1. The highest BCUT2D eigenvalue weighted by atomic mass is 16.5. The Balaban J connectivity index is 2.78. The molecule has 70 valence electrons. The molecule has 0 saturated carbocycles. The quantitative estimate of drug-likeness (QED) is 0.525. The van der Waals surface area contributed by atoms with E-state index in [1.165, 1.54) is 6.20 Å². The van der Waals surface area contributed by atoms with Crippen LogP contribution in [0.15, 0.2) is 36.5 Å². The number of carbonyl (C=O) groups excluding carboxylic acids is 1. The maximum absolute atomic E-state index is 11.4. The first-order valence-electron chi connectivity index (χ1n) is 4.10. The minimum atomic E-state index is -0.597. The van der Waals surface area contributed by atoms with Gasteiger partial charge in [0.05, 0.1) is 0 Å². The Morgan fingerprint density at radius 1 is 1.36 bits per heavy atom. The highest BCUT2D eigenvalue weighted by Crippen LogP contribution is 2.10. The highest BCUT2D eigenvalue weighted by Gasteiger charge is 2.09. The van der Waals surface area contributed by atoms with Gasteiger partial charge in [-0.15, -0.1) is 0 Å². The molecule has 2 rings (SSSR count). The number of primary amides is 1. The first kappa shape index (κ1) is 8.50. The van der Waals surface area contributed by atoms with Gasteiger partial charge in [0.25, 0.3) is 5.91 Å². The van der Waals surface area contributed by atoms with Crippen molar-refractivity contribution in [3.8, 4) is 0 Å². The van der Waals surface area contributed by atoms with E-state index in [4.69, 9.17) is 5.73 Å². The Morgan fingerprint density at radius 2 is 2.07 bits per heavy atom. The maximum Gasteiger partial charge on any atom is 0.254 e. The number of nitrogens with zero attached hydrogens (tertiary/aromatic N) is 1. The van der Waals surface area contributed by atoms with Crippen LogP contribution in [-0.4, -0.2) is 5.91 Å². The third-order valence-electron chi connectivity index (χ3n) is 2.03. The molecule has 0 aliphatic carbocycles. The van der Waals surface area contributed by atoms with Crippen LogP contribution in [0.1, 0.15) is 10.4 Å². The van der Waals surface area contributed by atoms with E-state index >= 15 is 0 Å². The lowest BCUT2D eigenvalue weighted by atomic mass is 10.1. The molecule has 4 heteroatoms. The number of amides is 1. The van der Waals surface area contributed by atoms with Crippen LogP contribution in [0.3, 0.4) is 0 Å². The standard InChI is InChI=1S/C10H8N2O2/c11-10(13)8-5-7-3-1-2-4-9(7)12(14)6-8/h1-6H,(H2,11,13). The monoisotopic (exact) mass is 188 g/mol. The van der Waals surface area contributed by atoms with E-state index in [-0.39, 0.29) is 5.56 Å². The Hall–Kier alpha value is -2.10. The molecule has 0 aliphatic heterocycles. The molecular formula is C10H8N2O2. The topological polar surface area (TPSA) is 70.0 Å². The molecule has 0 radical (unpaired) electrons. The van der Waals surface area contributed by atoms with Crippen LogP contribution in [0.2, 0.25) is 0 Å². The van der Waals surface area contributed by atoms with E-state index in [0.29, 0.717) is 15.6 Å². The van der Waals surface area contributed by atoms with Gasteiger partial charge in [-0.3, -0.25) is 4.79 Å². The third kappa shape index (κ3) is 1.26. The molecule has 0 saturated heterocycles. The Bertz CT molecular complexity index is 508. The summed E-state index contributed by atoms with van der Waals surface area (Å²) in [5.41, 5.74) is 5.83. The number of rotatable bonds is 1. The number of hydrogen-bond acceptors (Lipinski definition) is 2. The van der Waals surface area contributed by atoms with Gasteiger partial charge in [0, 0.05) is 11.5 Å². The zero-order valence-electron chi connectivity index (χ0n) is 7.31. The van der Waals surface area contributed by atoms with Gasteiger partial charge in [-0.2, -0.15) is 4.73 Å². The molecule has 0 aliphatic rings. The van der Waals surface area contributed by atoms with E-state index < -0.39 is 5.91 Å². The highest BCUT2D eigenvalue weighted by molar-refractivity contribution is 5.95. The average Bonchev–Trinajstić information content (AvgIpc) is 2.17. The first-order chi connectivity index (χ1) is 6.68. The molecule has 0 spiro atoms. The summed E-state index contributed by atoms with van der Waals surface area (Å²) in [4.78, 5) is 10.9. The second kappa shape index (κ2) is 2.99. The molecular weight excluding hydrogens is 180 g/mol. The predicted molar refractivity (Wildman–Crippen MR) is 51.4 cm³/mol. The number of nitrogens with two attached hydrogens (primary N) is 1. The third-order valence-corrected chi connectivity index (χ3v) is 2.03. The van der Waals surface area contributed by atoms with Crippen LogP contribution in [0.5, 0.6) is 0 Å². The molecule has 0 unspecified atom stereocenters. The Kier molecular flexibility index (Phi) is 1.81. The number of para-hydroxylation sites is 1. The van der Waals surface area contributed by atoms with Gasteiger partial charge < -0.3 is 10.9 Å². The van der Waals surface area contributed by atoms with E-state index in [9.17, 15) is 10.0 Å². The Morgan fingerprint density at radius 3 is 2.79 bits per heavy atom. The van der Waals surface area contributed by atoms with Crippen molar-refractivity contribution < 1.29 is 9.52 Å². The van der Waals surface area contributed by atoms with E-state index in [1.807, 2.05) is 0 Å². The van der Waals surface area contributed by atoms with E-state index in [1.54, 1.807) is 30.3 Å². The van der Waals surface area contributed by atoms with Crippen molar-refractivity contribution in [2.75, 3.05) is 0 Å². The normalized spacial score (nSPS) is 10.3. The summed E-state index contributed by atoms with van der Waals surface area (Å²) in [5, 5.41) is 12.1. The van der Waals surface area contributed by atoms with Crippen molar-refractivity contribution in [1.82, 2.24) is 0 Å². The number of benzene rings is 1. The second-order valence-corrected chi connectivity index (χ2v) is 2.98. The minimum Gasteiger partial charge on any atom is -0.618 e. The van der Waals surface area contributed by atoms with Gasteiger partial charge in [-0.25, -0.2) is 0 Å². The fourth-order valence-corrected chi connectivity index (χ4v) is 1.35. The summed E-state index contributed by atoms with van der Waals surface area (Å²) in [6, 6.07) is 8.61. The van der Waals surface area contributed by atoms with Gasteiger partial charge in [-0.1, -0.05) is 12.1 Å². The van der Waals surface area contributed by atoms with Gasteiger partial charge in [0.1, 0.15) is 5.56 Å². The summed E-state index contributed by atoms with van der Waals surface area (Å²) in [6.07, 6.45) is 1.19. The number of fused-ring (bicyclic) bond motifs is 1. The van der Waals surface area contributed by atoms with Crippen LogP contribution in [0.25, 0.3) is 10.9 Å². The van der Waals surface area contributed by atoms with Crippen molar-refractivity contribution in [2.24, 2.45) is 5.73 Å². The lowest BCUT2D eigenvalue weighted by molar-refractivity contribution is -0.577. The summed E-state index contributed by atoms with van der Waals surface area (Å²) in [5.74, 6) is -0.597. The summed E-state index contributed by atoms with van der Waals surface area (Å²) < 4.78 is 0.648. The lowest BCUT2D eigenvalue weighted by Crippen LogP contribution is -2.29. The molecule has 2 N–H and O–H groups in total. The van der Waals surface area contributed by atoms with Crippen LogP contribution >= 0.6 is 0 Å². The van der Waals surface area contributed by atoms with Crippen LogP contribution in [0.4, 0.5) is 0 Å². The first-order valence-corrected chi connectivity index (χ1v) is 4.10. The van der Waals surface area contributed by atoms with Crippen LogP contribution in [-0.2, 0) is 0 Å². The molecule has 4 nitrogen and oxygen atoms in total. The van der Waals surface area contributed by atoms with Gasteiger partial charge in [-0.05, 0) is 12.1 Å². The van der Waals surface area contributed by atoms with Crippen molar-refractivity contribution in [3.05, 3.63) is 47.3 Å². The van der Waals surface area contributed by atoms with Crippen molar-refractivity contribution >= 4 is 16.8 Å². The molecule has 0 fully saturated rings. The van der Waals surface area contributed by atoms with Crippen molar-refractivity contribution in [1.29, 1.82) is 0 Å². The summed E-state index contributed by atoms with van der Waals surface area (Å²) in [7, 11) is 0. The van der Waals surface area contributed by atoms with Gasteiger partial charge in [0.15, 0.2) is 6.20 Å². The largest absolute Gasteiger partial charge is 0.618 e. The van der Waals surface area contributed by atoms with E-state index in [0.717, 1.165) is 0 Å². The molecule has 1 aromatic heterocycles. The molecule has 0 bridgehead atoms. The van der Waals surface area contributed by atoms with Gasteiger partial charge in [0.2, 0.25) is 5.52 Å². The number of carbonyl (C=O) groups is 1. The van der Waals surface area contributed by atoms with Crippen molar-refractivity contribution in [3.63, 3.8) is 0 Å². The van der Waals surface area contributed by atoms with Crippen LogP contribution < -0.4 is 10.5 Å². The zero-order chi connectivity index (χ0) is 10.1. The SMILES string of the molecule is NC(=O)c1cc2ccccc2[n+]([O-])c1. The molecule has 1 heterocycles. The van der Waals surface area contributed by atoms with Crippen LogP contribution in [0, 0.1) is 5.21 Å². The van der Waals surface area contributed by atoms with Crippen molar-refractivity contribution in [2.45, 2.75) is 0 Å².